The minimum Gasteiger partial charge on any atom is -0.494 e. The van der Waals surface area contributed by atoms with Gasteiger partial charge in [0, 0.05) is 17.0 Å². The summed E-state index contributed by atoms with van der Waals surface area (Å²) in [6, 6.07) is 7.35. The number of benzene rings is 2. The van der Waals surface area contributed by atoms with E-state index in [0.717, 1.165) is 29.5 Å². The molecule has 1 aromatic heterocycles. The van der Waals surface area contributed by atoms with Gasteiger partial charge in [-0.05, 0) is 42.0 Å². The molecule has 4 nitrogen and oxygen atoms in total. The predicted octanol–water partition coefficient (Wildman–Crippen LogP) is 4.89. The van der Waals surface area contributed by atoms with Crippen LogP contribution in [0.2, 0.25) is 0 Å². The van der Waals surface area contributed by atoms with Gasteiger partial charge in [0.05, 0.1) is 12.8 Å². The lowest BCUT2D eigenvalue weighted by Crippen LogP contribution is -2.07. The summed E-state index contributed by atoms with van der Waals surface area (Å²) in [5, 5.41) is 4.26. The molecule has 0 bridgehead atoms. The average Bonchev–Trinajstić information content (AvgIpc) is 3.10. The summed E-state index contributed by atoms with van der Waals surface area (Å²) in [6.07, 6.45) is 2.64. The standard InChI is InChI=1S/C19H13F3N2O2S/c1-26-17-6-2-11(8-15(17)22)3-7-18(25)24-19-23-16(10-27-19)13-9-12(20)4-5-14(13)21/h2-10H,1H3,(H,23,24,25)/b7-3+. The van der Waals surface area contributed by atoms with Gasteiger partial charge in [0.15, 0.2) is 16.7 Å². The monoisotopic (exact) mass is 390 g/mol. The van der Waals surface area contributed by atoms with Crippen LogP contribution in [0.3, 0.4) is 0 Å². The van der Waals surface area contributed by atoms with Gasteiger partial charge in [-0.15, -0.1) is 11.3 Å². The summed E-state index contributed by atoms with van der Waals surface area (Å²) in [5.41, 5.74) is 0.703. The summed E-state index contributed by atoms with van der Waals surface area (Å²) < 4.78 is 45.5. The molecule has 3 rings (SSSR count). The van der Waals surface area contributed by atoms with Crippen LogP contribution in [0.5, 0.6) is 5.75 Å². The maximum atomic E-state index is 13.8. The van der Waals surface area contributed by atoms with Gasteiger partial charge in [-0.1, -0.05) is 6.07 Å². The number of aromatic nitrogens is 1. The second-order valence-corrected chi connectivity index (χ2v) is 6.24. The van der Waals surface area contributed by atoms with Crippen molar-refractivity contribution in [3.63, 3.8) is 0 Å². The highest BCUT2D eigenvalue weighted by Crippen LogP contribution is 2.27. The highest BCUT2D eigenvalue weighted by atomic mass is 32.1. The van der Waals surface area contributed by atoms with Crippen molar-refractivity contribution in [2.45, 2.75) is 0 Å². The quantitative estimate of drug-likeness (QED) is 0.631. The summed E-state index contributed by atoms with van der Waals surface area (Å²) in [6.45, 7) is 0. The molecule has 0 aliphatic rings. The van der Waals surface area contributed by atoms with Crippen LogP contribution in [-0.4, -0.2) is 18.0 Å². The van der Waals surface area contributed by atoms with Crippen LogP contribution in [0.25, 0.3) is 17.3 Å². The molecule has 0 radical (unpaired) electrons. The van der Waals surface area contributed by atoms with Crippen molar-refractivity contribution in [3.05, 3.63) is 70.9 Å². The first-order chi connectivity index (χ1) is 13.0. The number of carbonyl (C=O) groups is 1. The molecule has 0 unspecified atom stereocenters. The molecule has 3 aromatic rings. The Morgan fingerprint density at radius 3 is 2.70 bits per heavy atom. The van der Waals surface area contributed by atoms with E-state index in [1.165, 1.54) is 36.8 Å². The first-order valence-corrected chi connectivity index (χ1v) is 8.58. The Bertz CT molecular complexity index is 1020. The topological polar surface area (TPSA) is 51.2 Å². The van der Waals surface area contributed by atoms with E-state index in [1.807, 2.05) is 0 Å². The number of hydrogen-bond donors (Lipinski definition) is 1. The van der Waals surface area contributed by atoms with Crippen LogP contribution in [0.1, 0.15) is 5.56 Å². The van der Waals surface area contributed by atoms with Crippen LogP contribution in [-0.2, 0) is 4.79 Å². The van der Waals surface area contributed by atoms with Crippen LogP contribution in [0.4, 0.5) is 18.3 Å². The molecular weight excluding hydrogens is 377 g/mol. The molecule has 0 aliphatic heterocycles. The smallest absolute Gasteiger partial charge is 0.250 e. The number of carbonyl (C=O) groups excluding carboxylic acids is 1. The zero-order valence-electron chi connectivity index (χ0n) is 14.0. The number of methoxy groups -OCH3 is 1. The molecule has 0 spiro atoms. The molecule has 1 heterocycles. The Hall–Kier alpha value is -3.13. The van der Waals surface area contributed by atoms with Gasteiger partial charge in [0.2, 0.25) is 5.91 Å². The van der Waals surface area contributed by atoms with Crippen molar-refractivity contribution >= 4 is 28.5 Å². The molecule has 0 saturated heterocycles. The number of halogens is 3. The van der Waals surface area contributed by atoms with E-state index >= 15 is 0 Å². The van der Waals surface area contributed by atoms with Gasteiger partial charge < -0.3 is 4.74 Å². The molecule has 138 valence electrons. The predicted molar refractivity (Wildman–Crippen MR) is 98.1 cm³/mol. The number of nitrogens with zero attached hydrogens (tertiary/aromatic N) is 1. The summed E-state index contributed by atoms with van der Waals surface area (Å²) in [5.74, 6) is -2.12. The number of rotatable bonds is 5. The van der Waals surface area contributed by atoms with E-state index in [0.29, 0.717) is 5.56 Å². The molecule has 27 heavy (non-hydrogen) atoms. The summed E-state index contributed by atoms with van der Waals surface area (Å²) in [7, 11) is 1.36. The van der Waals surface area contributed by atoms with Crippen molar-refractivity contribution in [3.8, 4) is 17.0 Å². The highest BCUT2D eigenvalue weighted by Gasteiger charge is 2.11. The lowest BCUT2D eigenvalue weighted by molar-refractivity contribution is -0.111. The second kappa shape index (κ2) is 8.05. The molecule has 0 aliphatic carbocycles. The van der Waals surface area contributed by atoms with E-state index in [4.69, 9.17) is 4.74 Å². The number of ether oxygens (including phenoxy) is 1. The van der Waals surface area contributed by atoms with Crippen LogP contribution >= 0.6 is 11.3 Å². The van der Waals surface area contributed by atoms with Gasteiger partial charge in [0.1, 0.15) is 11.6 Å². The first-order valence-electron chi connectivity index (χ1n) is 7.70. The van der Waals surface area contributed by atoms with Crippen LogP contribution in [0, 0.1) is 17.5 Å². The van der Waals surface area contributed by atoms with Gasteiger partial charge in [-0.25, -0.2) is 18.2 Å². The second-order valence-electron chi connectivity index (χ2n) is 5.38. The highest BCUT2D eigenvalue weighted by molar-refractivity contribution is 7.14. The number of anilines is 1. The van der Waals surface area contributed by atoms with E-state index < -0.39 is 23.4 Å². The van der Waals surface area contributed by atoms with Gasteiger partial charge in [-0.2, -0.15) is 0 Å². The van der Waals surface area contributed by atoms with Crippen molar-refractivity contribution < 1.29 is 22.7 Å². The Labute approximate surface area is 156 Å². The maximum Gasteiger partial charge on any atom is 0.250 e. The number of hydrogen-bond acceptors (Lipinski definition) is 4. The lowest BCUT2D eigenvalue weighted by Gasteiger charge is -2.02. The third-order valence-electron chi connectivity index (χ3n) is 3.54. The van der Waals surface area contributed by atoms with Crippen molar-refractivity contribution in [1.29, 1.82) is 0 Å². The van der Waals surface area contributed by atoms with Crippen molar-refractivity contribution in [2.75, 3.05) is 12.4 Å². The molecule has 1 N–H and O–H groups in total. The van der Waals surface area contributed by atoms with E-state index in [1.54, 1.807) is 6.07 Å². The molecular formula is C19H13F3N2O2S. The fourth-order valence-electron chi connectivity index (χ4n) is 2.25. The Balaban J connectivity index is 1.69. The molecule has 0 fully saturated rings. The summed E-state index contributed by atoms with van der Waals surface area (Å²) >= 11 is 1.07. The van der Waals surface area contributed by atoms with Gasteiger partial charge >= 0.3 is 0 Å². The Morgan fingerprint density at radius 1 is 1.15 bits per heavy atom. The average molecular weight is 390 g/mol. The van der Waals surface area contributed by atoms with E-state index in [-0.39, 0.29) is 22.1 Å². The SMILES string of the molecule is COc1ccc(/C=C/C(=O)Nc2nc(-c3cc(F)ccc3F)cs2)cc1F. The largest absolute Gasteiger partial charge is 0.494 e. The minimum absolute atomic E-state index is 0.0102. The van der Waals surface area contributed by atoms with E-state index in [9.17, 15) is 18.0 Å². The van der Waals surface area contributed by atoms with Gasteiger partial charge in [0.25, 0.3) is 0 Å². The third kappa shape index (κ3) is 4.53. The molecule has 1 amide bonds. The fourth-order valence-corrected chi connectivity index (χ4v) is 2.97. The Morgan fingerprint density at radius 2 is 1.96 bits per heavy atom. The Kier molecular flexibility index (Phi) is 5.56. The zero-order valence-corrected chi connectivity index (χ0v) is 14.8. The maximum absolute atomic E-state index is 13.8. The lowest BCUT2D eigenvalue weighted by atomic mass is 10.1. The fraction of sp³-hybridized carbons (Fsp3) is 0.0526. The van der Waals surface area contributed by atoms with Crippen LogP contribution < -0.4 is 10.1 Å². The van der Waals surface area contributed by atoms with Crippen molar-refractivity contribution in [2.24, 2.45) is 0 Å². The third-order valence-corrected chi connectivity index (χ3v) is 4.30. The van der Waals surface area contributed by atoms with Crippen molar-refractivity contribution in [1.82, 2.24) is 4.98 Å². The number of nitrogens with one attached hydrogen (secondary N) is 1. The minimum atomic E-state index is -0.610. The molecule has 0 saturated carbocycles. The number of thiazole rings is 1. The molecule has 0 atom stereocenters. The normalized spacial score (nSPS) is 11.0. The molecule has 2 aromatic carbocycles. The van der Waals surface area contributed by atoms with Crippen LogP contribution in [0.15, 0.2) is 47.9 Å². The van der Waals surface area contributed by atoms with Gasteiger partial charge in [-0.3, -0.25) is 10.1 Å². The first kappa shape index (κ1) is 18.7. The zero-order chi connectivity index (χ0) is 19.4. The summed E-state index contributed by atoms with van der Waals surface area (Å²) in [4.78, 5) is 16.1. The molecule has 8 heteroatoms. The van der Waals surface area contributed by atoms with E-state index in [2.05, 4.69) is 10.3 Å². The number of amides is 1.